The van der Waals surface area contributed by atoms with E-state index in [0.717, 1.165) is 16.5 Å². The van der Waals surface area contributed by atoms with Gasteiger partial charge < -0.3 is 9.64 Å². The molecule has 0 N–H and O–H groups in total. The van der Waals surface area contributed by atoms with Crippen LogP contribution in [0.5, 0.6) is 0 Å². The van der Waals surface area contributed by atoms with Crippen LogP contribution in [0.15, 0.2) is 36.5 Å². The van der Waals surface area contributed by atoms with Gasteiger partial charge >= 0.3 is 0 Å². The first-order valence-electron chi connectivity index (χ1n) is 6.77. The molecule has 0 aliphatic heterocycles. The third-order valence-electron chi connectivity index (χ3n) is 3.39. The number of amides is 1. The van der Waals surface area contributed by atoms with Gasteiger partial charge in [0.2, 0.25) is 0 Å². The number of carbonyl (C=O) groups is 1. The van der Waals surface area contributed by atoms with Gasteiger partial charge in [0.05, 0.1) is 5.52 Å². The van der Waals surface area contributed by atoms with Crippen molar-refractivity contribution in [2.75, 3.05) is 14.2 Å². The van der Waals surface area contributed by atoms with Gasteiger partial charge in [0.15, 0.2) is 0 Å². The summed E-state index contributed by atoms with van der Waals surface area (Å²) >= 11 is 0. The molecule has 4 nitrogen and oxygen atoms in total. The predicted octanol–water partition coefficient (Wildman–Crippen LogP) is 2.62. The molecule has 0 spiro atoms. The predicted molar refractivity (Wildman–Crippen MR) is 79.3 cm³/mol. The summed E-state index contributed by atoms with van der Waals surface area (Å²) in [5, 5.41) is 1.09. The lowest BCUT2D eigenvalue weighted by molar-refractivity contribution is -0.141. The molecule has 0 unspecified atom stereocenters. The summed E-state index contributed by atoms with van der Waals surface area (Å²) in [5.41, 5.74) is 2.06. The Balaban J connectivity index is 2.13. The molecule has 106 valence electrons. The zero-order chi connectivity index (χ0) is 14.5. The normalized spacial score (nSPS) is 12.3. The molecule has 0 saturated heterocycles. The molecule has 4 heteroatoms. The van der Waals surface area contributed by atoms with Crippen molar-refractivity contribution in [2.45, 2.75) is 26.0 Å². The lowest BCUT2D eigenvalue weighted by Crippen LogP contribution is -2.36. The highest BCUT2D eigenvalue weighted by atomic mass is 16.5. The second-order valence-electron chi connectivity index (χ2n) is 4.86. The molecule has 0 fully saturated rings. The average Bonchev–Trinajstić information content (AvgIpc) is 2.48. The molecule has 1 aromatic carbocycles. The Kier molecular flexibility index (Phi) is 4.69. The van der Waals surface area contributed by atoms with Crippen LogP contribution < -0.4 is 0 Å². The van der Waals surface area contributed by atoms with Gasteiger partial charge in [-0.1, -0.05) is 19.1 Å². The molecule has 1 amide bonds. The van der Waals surface area contributed by atoms with Crippen molar-refractivity contribution < 1.29 is 9.53 Å². The molecule has 2 aromatic rings. The number of ether oxygens (including phenoxy) is 1. The fourth-order valence-corrected chi connectivity index (χ4v) is 2.26. The molecule has 2 rings (SSSR count). The zero-order valence-corrected chi connectivity index (χ0v) is 12.2. The van der Waals surface area contributed by atoms with E-state index in [1.54, 1.807) is 25.3 Å². The molecule has 0 aliphatic rings. The lowest BCUT2D eigenvalue weighted by atomic mass is 10.1. The van der Waals surface area contributed by atoms with E-state index in [-0.39, 0.29) is 12.0 Å². The van der Waals surface area contributed by atoms with E-state index < -0.39 is 0 Å². The molecule has 1 heterocycles. The Labute approximate surface area is 119 Å². The molecular formula is C16H20N2O2. The van der Waals surface area contributed by atoms with Gasteiger partial charge in [0, 0.05) is 32.3 Å². The van der Waals surface area contributed by atoms with Gasteiger partial charge in [-0.2, -0.15) is 0 Å². The Morgan fingerprint density at radius 2 is 2.20 bits per heavy atom. The summed E-state index contributed by atoms with van der Waals surface area (Å²) in [6.07, 6.45) is 2.10. The minimum absolute atomic E-state index is 0.0151. The maximum atomic E-state index is 12.2. The number of nitrogens with zero attached hydrogens (tertiary/aromatic N) is 2. The van der Waals surface area contributed by atoms with E-state index >= 15 is 0 Å². The number of fused-ring (bicyclic) bond motifs is 1. The Morgan fingerprint density at radius 1 is 1.40 bits per heavy atom. The van der Waals surface area contributed by atoms with Crippen LogP contribution in [0.1, 0.15) is 18.9 Å². The number of pyridine rings is 1. The minimum atomic E-state index is -0.359. The van der Waals surface area contributed by atoms with Gasteiger partial charge in [0.25, 0.3) is 5.91 Å². The zero-order valence-electron chi connectivity index (χ0n) is 12.2. The standard InChI is InChI=1S/C16H20N2O2/c1-4-15(20-3)16(19)18(2)11-12-7-8-14-13(10-12)6-5-9-17-14/h5-10,15H,4,11H2,1-3H3/t15-/m0/s1. The highest BCUT2D eigenvalue weighted by Crippen LogP contribution is 2.15. The Bertz CT molecular complexity index is 594. The van der Waals surface area contributed by atoms with Crippen molar-refractivity contribution in [1.29, 1.82) is 0 Å². The number of carbonyl (C=O) groups excluding carboxylic acids is 1. The number of methoxy groups -OCH3 is 1. The van der Waals surface area contributed by atoms with Crippen molar-refractivity contribution in [3.63, 3.8) is 0 Å². The van der Waals surface area contributed by atoms with Crippen molar-refractivity contribution in [3.05, 3.63) is 42.1 Å². The summed E-state index contributed by atoms with van der Waals surface area (Å²) in [4.78, 5) is 18.2. The third kappa shape index (κ3) is 3.14. The first kappa shape index (κ1) is 14.5. The topological polar surface area (TPSA) is 42.4 Å². The van der Waals surface area contributed by atoms with Crippen LogP contribution in [0, 0.1) is 0 Å². The van der Waals surface area contributed by atoms with E-state index in [0.29, 0.717) is 13.0 Å². The van der Waals surface area contributed by atoms with Crippen molar-refractivity contribution >= 4 is 16.8 Å². The molecule has 0 saturated carbocycles. The SMILES string of the molecule is CC[C@H](OC)C(=O)N(C)Cc1ccc2ncccc2c1. The summed E-state index contributed by atoms with van der Waals surface area (Å²) in [6.45, 7) is 2.52. The molecular weight excluding hydrogens is 252 g/mol. The Morgan fingerprint density at radius 3 is 2.90 bits per heavy atom. The molecule has 0 bridgehead atoms. The van der Waals surface area contributed by atoms with Crippen LogP contribution in [0.4, 0.5) is 0 Å². The van der Waals surface area contributed by atoms with Crippen LogP contribution in [0.25, 0.3) is 10.9 Å². The van der Waals surface area contributed by atoms with Crippen molar-refractivity contribution in [2.24, 2.45) is 0 Å². The fraction of sp³-hybridized carbons (Fsp3) is 0.375. The fourth-order valence-electron chi connectivity index (χ4n) is 2.26. The molecule has 0 radical (unpaired) electrons. The summed E-state index contributed by atoms with van der Waals surface area (Å²) in [7, 11) is 3.37. The summed E-state index contributed by atoms with van der Waals surface area (Å²) < 4.78 is 5.19. The van der Waals surface area contributed by atoms with Crippen molar-refractivity contribution in [1.82, 2.24) is 9.88 Å². The van der Waals surface area contributed by atoms with E-state index in [1.807, 2.05) is 31.2 Å². The van der Waals surface area contributed by atoms with E-state index in [4.69, 9.17) is 4.74 Å². The Hall–Kier alpha value is -1.94. The minimum Gasteiger partial charge on any atom is -0.372 e. The van der Waals surface area contributed by atoms with Gasteiger partial charge in [-0.15, -0.1) is 0 Å². The maximum absolute atomic E-state index is 12.2. The number of hydrogen-bond donors (Lipinski definition) is 0. The molecule has 20 heavy (non-hydrogen) atoms. The monoisotopic (exact) mass is 272 g/mol. The van der Waals surface area contributed by atoms with Crippen LogP contribution in [0.2, 0.25) is 0 Å². The summed E-state index contributed by atoms with van der Waals surface area (Å²) in [6, 6.07) is 10.0. The number of rotatable bonds is 5. The van der Waals surface area contributed by atoms with Crippen LogP contribution in [0.3, 0.4) is 0 Å². The first-order valence-corrected chi connectivity index (χ1v) is 6.77. The second kappa shape index (κ2) is 6.48. The van der Waals surface area contributed by atoms with E-state index in [9.17, 15) is 4.79 Å². The largest absolute Gasteiger partial charge is 0.372 e. The summed E-state index contributed by atoms with van der Waals surface area (Å²) in [5.74, 6) is 0.0151. The van der Waals surface area contributed by atoms with Gasteiger partial charge in [-0.3, -0.25) is 9.78 Å². The first-order chi connectivity index (χ1) is 9.65. The quantitative estimate of drug-likeness (QED) is 0.840. The smallest absolute Gasteiger partial charge is 0.251 e. The lowest BCUT2D eigenvalue weighted by Gasteiger charge is -2.22. The van der Waals surface area contributed by atoms with Gasteiger partial charge in [0.1, 0.15) is 6.10 Å². The van der Waals surface area contributed by atoms with Gasteiger partial charge in [-0.25, -0.2) is 0 Å². The second-order valence-corrected chi connectivity index (χ2v) is 4.86. The number of benzene rings is 1. The third-order valence-corrected chi connectivity index (χ3v) is 3.39. The maximum Gasteiger partial charge on any atom is 0.251 e. The van der Waals surface area contributed by atoms with Gasteiger partial charge in [-0.05, 0) is 30.2 Å². The highest BCUT2D eigenvalue weighted by molar-refractivity contribution is 5.81. The number of likely N-dealkylation sites (N-methyl/N-ethyl adjacent to an activating group) is 1. The molecule has 0 aliphatic carbocycles. The van der Waals surface area contributed by atoms with E-state index in [2.05, 4.69) is 11.1 Å². The average molecular weight is 272 g/mol. The highest BCUT2D eigenvalue weighted by Gasteiger charge is 2.19. The number of aromatic nitrogens is 1. The van der Waals surface area contributed by atoms with Crippen molar-refractivity contribution in [3.8, 4) is 0 Å². The van der Waals surface area contributed by atoms with Crippen LogP contribution in [-0.4, -0.2) is 36.1 Å². The molecule has 1 atom stereocenters. The van der Waals surface area contributed by atoms with Crippen LogP contribution in [-0.2, 0) is 16.1 Å². The molecule has 1 aromatic heterocycles. The van der Waals surface area contributed by atoms with E-state index in [1.165, 1.54) is 0 Å². The number of hydrogen-bond acceptors (Lipinski definition) is 3. The van der Waals surface area contributed by atoms with Crippen LogP contribution >= 0.6 is 0 Å².